The maximum absolute atomic E-state index is 10.8. The molecule has 0 radical (unpaired) electrons. The fourth-order valence-corrected chi connectivity index (χ4v) is 3.45. The van der Waals surface area contributed by atoms with Gasteiger partial charge in [-0.1, -0.05) is 23.7 Å². The van der Waals surface area contributed by atoms with Crippen LogP contribution in [0.25, 0.3) is 0 Å². The highest BCUT2D eigenvalue weighted by molar-refractivity contribution is 6.30. The van der Waals surface area contributed by atoms with Crippen molar-refractivity contribution >= 4 is 11.6 Å². The van der Waals surface area contributed by atoms with Gasteiger partial charge in [0.25, 0.3) is 0 Å². The molecule has 1 aliphatic heterocycles. The van der Waals surface area contributed by atoms with Crippen molar-refractivity contribution in [2.75, 3.05) is 32.7 Å². The predicted octanol–water partition coefficient (Wildman–Crippen LogP) is 2.24. The molecule has 1 aromatic rings. The zero-order chi connectivity index (χ0) is 14.0. The van der Waals surface area contributed by atoms with Crippen molar-refractivity contribution in [3.63, 3.8) is 0 Å². The van der Waals surface area contributed by atoms with Crippen LogP contribution in [-0.2, 0) is 0 Å². The first-order valence-electron chi connectivity index (χ1n) is 7.58. The Morgan fingerprint density at radius 2 is 1.85 bits per heavy atom. The van der Waals surface area contributed by atoms with Crippen LogP contribution >= 0.6 is 11.6 Å². The van der Waals surface area contributed by atoms with Crippen LogP contribution < -0.4 is 5.32 Å². The van der Waals surface area contributed by atoms with Crippen LogP contribution in [0.1, 0.15) is 30.7 Å². The Morgan fingerprint density at radius 3 is 2.40 bits per heavy atom. The Balaban J connectivity index is 1.78. The van der Waals surface area contributed by atoms with Crippen LogP contribution in [0.3, 0.4) is 0 Å². The van der Waals surface area contributed by atoms with E-state index in [1.165, 1.54) is 5.56 Å². The van der Waals surface area contributed by atoms with Crippen molar-refractivity contribution in [2.24, 2.45) is 0 Å². The van der Waals surface area contributed by atoms with E-state index in [4.69, 9.17) is 11.6 Å². The lowest BCUT2D eigenvalue weighted by Gasteiger charge is -2.46. The summed E-state index contributed by atoms with van der Waals surface area (Å²) in [5.74, 6) is 0.201. The van der Waals surface area contributed by atoms with Crippen molar-refractivity contribution in [1.82, 2.24) is 10.2 Å². The lowest BCUT2D eigenvalue weighted by atomic mass is 9.68. The number of hydrogen-bond donors (Lipinski definition) is 2. The molecule has 110 valence electrons. The minimum absolute atomic E-state index is 0.201. The molecule has 0 amide bonds. The van der Waals surface area contributed by atoms with E-state index in [1.54, 1.807) is 0 Å². The van der Waals surface area contributed by atoms with E-state index < -0.39 is 5.60 Å². The maximum atomic E-state index is 10.8. The summed E-state index contributed by atoms with van der Waals surface area (Å²) in [5.41, 5.74) is 0.703. The average molecular weight is 295 g/mol. The Bertz CT molecular complexity index is 438. The SMILES string of the molecule is OC1(C(CN2CCNCC2)c2ccc(Cl)cc2)CCC1. The van der Waals surface area contributed by atoms with Gasteiger partial charge in [-0.15, -0.1) is 0 Å². The van der Waals surface area contributed by atoms with Crippen LogP contribution in [-0.4, -0.2) is 48.3 Å². The molecule has 2 aliphatic rings. The van der Waals surface area contributed by atoms with Gasteiger partial charge >= 0.3 is 0 Å². The van der Waals surface area contributed by atoms with E-state index in [0.717, 1.165) is 57.0 Å². The molecule has 0 aromatic heterocycles. The van der Waals surface area contributed by atoms with Gasteiger partial charge in [-0.05, 0) is 37.0 Å². The lowest BCUT2D eigenvalue weighted by Crippen LogP contribution is -2.51. The van der Waals surface area contributed by atoms with Crippen LogP contribution in [0.2, 0.25) is 5.02 Å². The predicted molar refractivity (Wildman–Crippen MR) is 82.3 cm³/mol. The van der Waals surface area contributed by atoms with E-state index in [-0.39, 0.29) is 5.92 Å². The van der Waals surface area contributed by atoms with E-state index in [2.05, 4.69) is 22.3 Å². The number of rotatable bonds is 4. The van der Waals surface area contributed by atoms with Gasteiger partial charge in [0.2, 0.25) is 0 Å². The van der Waals surface area contributed by atoms with E-state index in [0.29, 0.717) is 0 Å². The van der Waals surface area contributed by atoms with Crippen LogP contribution in [0.15, 0.2) is 24.3 Å². The second-order valence-electron chi connectivity index (χ2n) is 6.11. The topological polar surface area (TPSA) is 35.5 Å². The molecule has 4 heteroatoms. The number of halogens is 1. The largest absolute Gasteiger partial charge is 0.389 e. The molecule has 1 aliphatic carbocycles. The fourth-order valence-electron chi connectivity index (χ4n) is 3.32. The third-order valence-corrected chi connectivity index (χ3v) is 5.04. The van der Waals surface area contributed by atoms with Crippen molar-refractivity contribution in [3.8, 4) is 0 Å². The molecular weight excluding hydrogens is 272 g/mol. The first kappa shape index (κ1) is 14.3. The second kappa shape index (κ2) is 6.02. The molecule has 1 aromatic carbocycles. The summed E-state index contributed by atoms with van der Waals surface area (Å²) in [7, 11) is 0. The van der Waals surface area contributed by atoms with Gasteiger partial charge < -0.3 is 15.3 Å². The van der Waals surface area contributed by atoms with Gasteiger partial charge in [-0.25, -0.2) is 0 Å². The molecule has 1 heterocycles. The molecule has 1 saturated heterocycles. The summed E-state index contributed by atoms with van der Waals surface area (Å²) in [4.78, 5) is 2.46. The van der Waals surface area contributed by atoms with E-state index in [1.807, 2.05) is 12.1 Å². The highest BCUT2D eigenvalue weighted by Crippen LogP contribution is 2.44. The smallest absolute Gasteiger partial charge is 0.0728 e. The van der Waals surface area contributed by atoms with Crippen molar-refractivity contribution in [1.29, 1.82) is 0 Å². The molecular formula is C16H23ClN2O. The molecule has 1 atom stereocenters. The number of benzene rings is 1. The van der Waals surface area contributed by atoms with E-state index in [9.17, 15) is 5.11 Å². The summed E-state index contributed by atoms with van der Waals surface area (Å²) >= 11 is 5.99. The summed E-state index contributed by atoms with van der Waals surface area (Å²) in [6, 6.07) is 8.02. The summed E-state index contributed by atoms with van der Waals surface area (Å²) < 4.78 is 0. The first-order valence-corrected chi connectivity index (χ1v) is 7.96. The van der Waals surface area contributed by atoms with Gasteiger partial charge in [0.15, 0.2) is 0 Å². The summed E-state index contributed by atoms with van der Waals surface area (Å²) in [5, 5.41) is 15.0. The van der Waals surface area contributed by atoms with Gasteiger partial charge in [0, 0.05) is 43.7 Å². The number of nitrogens with one attached hydrogen (secondary N) is 1. The lowest BCUT2D eigenvalue weighted by molar-refractivity contribution is -0.0652. The van der Waals surface area contributed by atoms with Gasteiger partial charge in [-0.2, -0.15) is 0 Å². The third-order valence-electron chi connectivity index (χ3n) is 4.79. The molecule has 1 unspecified atom stereocenters. The van der Waals surface area contributed by atoms with Crippen LogP contribution in [0, 0.1) is 0 Å². The van der Waals surface area contributed by atoms with Crippen LogP contribution in [0.5, 0.6) is 0 Å². The molecule has 3 nitrogen and oxygen atoms in total. The maximum Gasteiger partial charge on any atom is 0.0728 e. The standard InChI is InChI=1S/C16H23ClN2O/c17-14-4-2-13(3-5-14)15(16(20)6-1-7-16)12-19-10-8-18-9-11-19/h2-5,15,18,20H,1,6-12H2. The molecule has 1 saturated carbocycles. The number of aliphatic hydroxyl groups is 1. The number of piperazine rings is 1. The molecule has 20 heavy (non-hydrogen) atoms. The molecule has 2 N–H and O–H groups in total. The average Bonchev–Trinajstić information content (AvgIpc) is 2.45. The Kier molecular flexibility index (Phi) is 4.32. The first-order chi connectivity index (χ1) is 9.67. The Labute approximate surface area is 125 Å². The summed E-state index contributed by atoms with van der Waals surface area (Å²) in [6.45, 7) is 5.18. The molecule has 0 spiro atoms. The monoisotopic (exact) mass is 294 g/mol. The van der Waals surface area contributed by atoms with Gasteiger partial charge in [-0.3, -0.25) is 0 Å². The minimum Gasteiger partial charge on any atom is -0.389 e. The fraction of sp³-hybridized carbons (Fsp3) is 0.625. The minimum atomic E-state index is -0.515. The highest BCUT2D eigenvalue weighted by atomic mass is 35.5. The number of hydrogen-bond acceptors (Lipinski definition) is 3. The summed E-state index contributed by atoms with van der Waals surface area (Å²) in [6.07, 6.45) is 2.99. The number of nitrogens with zero attached hydrogens (tertiary/aromatic N) is 1. The zero-order valence-electron chi connectivity index (χ0n) is 11.8. The Hall–Kier alpha value is -0.610. The quantitative estimate of drug-likeness (QED) is 0.894. The normalized spacial score (nSPS) is 24.1. The third kappa shape index (κ3) is 3.01. The van der Waals surface area contributed by atoms with Crippen molar-refractivity contribution in [2.45, 2.75) is 30.8 Å². The Morgan fingerprint density at radius 1 is 1.20 bits per heavy atom. The molecule has 3 rings (SSSR count). The van der Waals surface area contributed by atoms with Gasteiger partial charge in [0.05, 0.1) is 5.60 Å². The molecule has 2 fully saturated rings. The van der Waals surface area contributed by atoms with Crippen LogP contribution in [0.4, 0.5) is 0 Å². The highest BCUT2D eigenvalue weighted by Gasteiger charge is 2.43. The second-order valence-corrected chi connectivity index (χ2v) is 6.55. The molecule has 0 bridgehead atoms. The van der Waals surface area contributed by atoms with E-state index >= 15 is 0 Å². The van der Waals surface area contributed by atoms with Crippen molar-refractivity contribution < 1.29 is 5.11 Å². The zero-order valence-corrected chi connectivity index (χ0v) is 12.6. The van der Waals surface area contributed by atoms with Gasteiger partial charge in [0.1, 0.15) is 0 Å². The van der Waals surface area contributed by atoms with Crippen molar-refractivity contribution in [3.05, 3.63) is 34.9 Å².